The molecule has 1 N–H and O–H groups in total. The van der Waals surface area contributed by atoms with Crippen LogP contribution < -0.4 is 10.9 Å². The van der Waals surface area contributed by atoms with Crippen molar-refractivity contribution in [2.45, 2.75) is 6.54 Å². The molecule has 80 valence electrons. The first-order chi connectivity index (χ1) is 7.84. The minimum Gasteiger partial charge on any atom is -0.354 e. The van der Waals surface area contributed by atoms with Gasteiger partial charge in [0.25, 0.3) is 5.56 Å². The number of nitrogens with one attached hydrogen (secondary N) is 1. The Balaban J connectivity index is 2.17. The highest BCUT2D eigenvalue weighted by Gasteiger charge is 2.13. The fourth-order valence-corrected chi connectivity index (χ4v) is 1.81. The van der Waals surface area contributed by atoms with Crippen LogP contribution in [0.25, 0.3) is 11.3 Å². The molecule has 5 heteroatoms. The Kier molecular flexibility index (Phi) is 1.96. The Bertz CT molecular complexity index is 576. The summed E-state index contributed by atoms with van der Waals surface area (Å²) in [6.45, 7) is 1.46. The van der Waals surface area contributed by atoms with Crippen molar-refractivity contribution in [2.24, 2.45) is 0 Å². The van der Waals surface area contributed by atoms with Gasteiger partial charge >= 0.3 is 0 Å². The Morgan fingerprint density at radius 3 is 2.94 bits per heavy atom. The highest BCUT2D eigenvalue weighted by molar-refractivity contribution is 5.59. The molecule has 0 saturated carbocycles. The third-order valence-corrected chi connectivity index (χ3v) is 2.60. The lowest BCUT2D eigenvalue weighted by molar-refractivity contribution is 0.762. The largest absolute Gasteiger partial charge is 0.354 e. The average molecular weight is 214 g/mol. The predicted molar refractivity (Wildman–Crippen MR) is 60.2 cm³/mol. The maximum Gasteiger partial charge on any atom is 0.255 e. The Labute approximate surface area is 91.8 Å². The van der Waals surface area contributed by atoms with Crippen LogP contribution in [0.2, 0.25) is 0 Å². The van der Waals surface area contributed by atoms with Crippen LogP contribution in [0.4, 0.5) is 5.95 Å². The maximum absolute atomic E-state index is 11.8. The van der Waals surface area contributed by atoms with Crippen molar-refractivity contribution in [1.82, 2.24) is 14.5 Å². The molecule has 0 atom stereocenters. The molecule has 0 radical (unpaired) electrons. The van der Waals surface area contributed by atoms with Gasteiger partial charge < -0.3 is 5.32 Å². The van der Waals surface area contributed by atoms with Gasteiger partial charge in [0, 0.05) is 37.1 Å². The van der Waals surface area contributed by atoms with Gasteiger partial charge in [0.1, 0.15) is 0 Å². The lowest BCUT2D eigenvalue weighted by Crippen LogP contribution is -2.18. The lowest BCUT2D eigenvalue weighted by atomic mass is 10.2. The molecule has 0 fully saturated rings. The molecule has 16 heavy (non-hydrogen) atoms. The molecule has 3 rings (SSSR count). The molecule has 0 spiro atoms. The zero-order valence-corrected chi connectivity index (χ0v) is 8.55. The molecule has 2 aromatic heterocycles. The van der Waals surface area contributed by atoms with Crippen molar-refractivity contribution in [3.05, 3.63) is 40.9 Å². The van der Waals surface area contributed by atoms with Crippen LogP contribution in [0.5, 0.6) is 0 Å². The second-order valence-electron chi connectivity index (χ2n) is 3.62. The quantitative estimate of drug-likeness (QED) is 0.760. The van der Waals surface area contributed by atoms with Gasteiger partial charge in [-0.2, -0.15) is 0 Å². The molecule has 0 aliphatic carbocycles. The molecule has 1 aliphatic heterocycles. The SMILES string of the molecule is O=c1cc(-c2ccncc2)nc2n1CCN2. The van der Waals surface area contributed by atoms with Crippen LogP contribution >= 0.6 is 0 Å². The van der Waals surface area contributed by atoms with Gasteiger partial charge in [-0.1, -0.05) is 0 Å². The topological polar surface area (TPSA) is 59.8 Å². The summed E-state index contributed by atoms with van der Waals surface area (Å²) in [5.41, 5.74) is 1.58. The molecular weight excluding hydrogens is 204 g/mol. The number of aromatic nitrogens is 3. The normalized spacial score (nSPS) is 13.2. The molecule has 5 nitrogen and oxygen atoms in total. The molecular formula is C11H10N4O. The predicted octanol–water partition coefficient (Wildman–Crippen LogP) is 0.731. The Morgan fingerprint density at radius 2 is 2.12 bits per heavy atom. The standard InChI is InChI=1S/C11H10N4O/c16-10-7-9(8-1-3-12-4-2-8)14-11-13-5-6-15(10)11/h1-4,7H,5-6H2,(H,13,14). The molecule has 3 heterocycles. The van der Waals surface area contributed by atoms with E-state index in [9.17, 15) is 4.79 Å². The van der Waals surface area contributed by atoms with Crippen molar-refractivity contribution < 1.29 is 0 Å². The van der Waals surface area contributed by atoms with Crippen LogP contribution in [-0.2, 0) is 6.54 Å². The van der Waals surface area contributed by atoms with Crippen molar-refractivity contribution in [3.8, 4) is 11.3 Å². The van der Waals surface area contributed by atoms with Gasteiger partial charge in [0.2, 0.25) is 5.95 Å². The van der Waals surface area contributed by atoms with Crippen LogP contribution in [0.15, 0.2) is 35.4 Å². The summed E-state index contributed by atoms with van der Waals surface area (Å²) in [5.74, 6) is 0.652. The van der Waals surface area contributed by atoms with E-state index in [0.717, 1.165) is 12.1 Å². The van der Waals surface area contributed by atoms with E-state index < -0.39 is 0 Å². The molecule has 0 aromatic carbocycles. The Morgan fingerprint density at radius 1 is 1.31 bits per heavy atom. The van der Waals surface area contributed by atoms with Crippen molar-refractivity contribution in [3.63, 3.8) is 0 Å². The van der Waals surface area contributed by atoms with Crippen LogP contribution in [0.3, 0.4) is 0 Å². The maximum atomic E-state index is 11.8. The zero-order chi connectivity index (χ0) is 11.0. The molecule has 0 amide bonds. The van der Waals surface area contributed by atoms with Crippen LogP contribution in [0.1, 0.15) is 0 Å². The number of hydrogen-bond acceptors (Lipinski definition) is 4. The van der Waals surface area contributed by atoms with Gasteiger partial charge in [-0.3, -0.25) is 14.3 Å². The third kappa shape index (κ3) is 1.37. The number of nitrogens with zero attached hydrogens (tertiary/aromatic N) is 3. The highest BCUT2D eigenvalue weighted by atomic mass is 16.1. The van der Waals surface area contributed by atoms with Gasteiger partial charge in [0.15, 0.2) is 0 Å². The smallest absolute Gasteiger partial charge is 0.255 e. The molecule has 2 aromatic rings. The summed E-state index contributed by atoms with van der Waals surface area (Å²) in [7, 11) is 0. The number of fused-ring (bicyclic) bond motifs is 1. The van der Waals surface area contributed by atoms with E-state index >= 15 is 0 Å². The highest BCUT2D eigenvalue weighted by Crippen LogP contribution is 2.17. The van der Waals surface area contributed by atoms with Crippen LogP contribution in [0, 0.1) is 0 Å². The average Bonchev–Trinajstić information content (AvgIpc) is 2.79. The fourth-order valence-electron chi connectivity index (χ4n) is 1.81. The summed E-state index contributed by atoms with van der Waals surface area (Å²) < 4.78 is 1.64. The van der Waals surface area contributed by atoms with Crippen LogP contribution in [-0.4, -0.2) is 21.1 Å². The van der Waals surface area contributed by atoms with Crippen molar-refractivity contribution in [2.75, 3.05) is 11.9 Å². The summed E-state index contributed by atoms with van der Waals surface area (Å²) >= 11 is 0. The monoisotopic (exact) mass is 214 g/mol. The van der Waals surface area contributed by atoms with E-state index in [0.29, 0.717) is 18.2 Å². The van der Waals surface area contributed by atoms with Gasteiger partial charge in [0.05, 0.1) is 5.69 Å². The van der Waals surface area contributed by atoms with E-state index in [4.69, 9.17) is 0 Å². The number of pyridine rings is 1. The van der Waals surface area contributed by atoms with Crippen molar-refractivity contribution in [1.29, 1.82) is 0 Å². The molecule has 1 aliphatic rings. The van der Waals surface area contributed by atoms with Gasteiger partial charge in [-0.05, 0) is 12.1 Å². The molecule has 0 bridgehead atoms. The number of hydrogen-bond donors (Lipinski definition) is 1. The third-order valence-electron chi connectivity index (χ3n) is 2.60. The minimum absolute atomic E-state index is 0.0122. The van der Waals surface area contributed by atoms with Gasteiger partial charge in [-0.25, -0.2) is 4.98 Å². The zero-order valence-electron chi connectivity index (χ0n) is 8.55. The summed E-state index contributed by atoms with van der Waals surface area (Å²) in [4.78, 5) is 20.1. The Hall–Kier alpha value is -2.17. The van der Waals surface area contributed by atoms with E-state index in [1.807, 2.05) is 12.1 Å². The van der Waals surface area contributed by atoms with Gasteiger partial charge in [-0.15, -0.1) is 0 Å². The van der Waals surface area contributed by atoms with Crippen molar-refractivity contribution >= 4 is 5.95 Å². The first-order valence-electron chi connectivity index (χ1n) is 5.11. The second-order valence-corrected chi connectivity index (χ2v) is 3.62. The lowest BCUT2D eigenvalue weighted by Gasteiger charge is -2.04. The first-order valence-corrected chi connectivity index (χ1v) is 5.11. The van der Waals surface area contributed by atoms with E-state index in [-0.39, 0.29) is 5.56 Å². The van der Waals surface area contributed by atoms with E-state index in [1.54, 1.807) is 23.0 Å². The summed E-state index contributed by atoms with van der Waals surface area (Å²) in [5, 5.41) is 3.09. The number of rotatable bonds is 1. The molecule has 0 unspecified atom stereocenters. The molecule has 0 saturated heterocycles. The number of anilines is 1. The summed E-state index contributed by atoms with van der Waals surface area (Å²) in [6, 6.07) is 5.24. The second kappa shape index (κ2) is 3.44. The van der Waals surface area contributed by atoms with E-state index in [2.05, 4.69) is 15.3 Å². The van der Waals surface area contributed by atoms with E-state index in [1.165, 1.54) is 0 Å². The summed E-state index contributed by atoms with van der Waals surface area (Å²) in [6.07, 6.45) is 3.38. The fraction of sp³-hybridized carbons (Fsp3) is 0.182. The first kappa shape index (κ1) is 9.08. The minimum atomic E-state index is -0.0122.